The number of halogens is 1. The van der Waals surface area contributed by atoms with E-state index in [1.54, 1.807) is 31.2 Å². The van der Waals surface area contributed by atoms with Gasteiger partial charge >= 0.3 is 0 Å². The predicted octanol–water partition coefficient (Wildman–Crippen LogP) is 4.67. The quantitative estimate of drug-likeness (QED) is 0.342. The van der Waals surface area contributed by atoms with Crippen molar-refractivity contribution >= 4 is 27.5 Å². The predicted molar refractivity (Wildman–Crippen MR) is 153 cm³/mol. The lowest BCUT2D eigenvalue weighted by molar-refractivity contribution is -0.140. The van der Waals surface area contributed by atoms with Crippen LogP contribution in [0.25, 0.3) is 0 Å². The monoisotopic (exact) mass is 569 g/mol. The molecule has 0 aliphatic rings. The first-order valence-corrected chi connectivity index (χ1v) is 14.5. The van der Waals surface area contributed by atoms with Crippen molar-refractivity contribution in [3.8, 4) is 5.75 Å². The molecule has 0 heterocycles. The van der Waals surface area contributed by atoms with Crippen LogP contribution in [0.3, 0.4) is 0 Å². The van der Waals surface area contributed by atoms with Gasteiger partial charge < -0.3 is 15.0 Å². The maximum absolute atomic E-state index is 14.0. The Bertz CT molecular complexity index is 1390. The van der Waals surface area contributed by atoms with Crippen LogP contribution in [0.5, 0.6) is 5.75 Å². The summed E-state index contributed by atoms with van der Waals surface area (Å²) in [6.07, 6.45) is 0.293. The van der Waals surface area contributed by atoms with Crippen molar-refractivity contribution < 1.29 is 27.1 Å². The number of sulfonamides is 1. The van der Waals surface area contributed by atoms with Gasteiger partial charge in [-0.05, 0) is 81.3 Å². The van der Waals surface area contributed by atoms with E-state index in [1.807, 2.05) is 20.8 Å². The SMILES string of the molecule is CCC(C(=O)NC(C)C)N(Cc1ccc(F)cc1)C(=O)CN(c1ccc(C)cc1)S(=O)(=O)c1ccc(OC)cc1. The summed E-state index contributed by atoms with van der Waals surface area (Å²) in [6, 6.07) is 17.3. The van der Waals surface area contributed by atoms with Gasteiger partial charge in [0.2, 0.25) is 11.8 Å². The van der Waals surface area contributed by atoms with Gasteiger partial charge in [-0.1, -0.05) is 36.8 Å². The van der Waals surface area contributed by atoms with Crippen LogP contribution < -0.4 is 14.4 Å². The highest BCUT2D eigenvalue weighted by Crippen LogP contribution is 2.26. The van der Waals surface area contributed by atoms with Gasteiger partial charge in [0, 0.05) is 12.6 Å². The van der Waals surface area contributed by atoms with Gasteiger partial charge in [0.15, 0.2) is 0 Å². The third-order valence-corrected chi connectivity index (χ3v) is 8.12. The Morgan fingerprint density at radius 2 is 1.55 bits per heavy atom. The normalized spacial score (nSPS) is 12.1. The molecule has 1 unspecified atom stereocenters. The number of benzene rings is 3. The number of nitrogens with one attached hydrogen (secondary N) is 1. The van der Waals surface area contributed by atoms with Gasteiger partial charge in [0.1, 0.15) is 24.2 Å². The van der Waals surface area contributed by atoms with Gasteiger partial charge in [-0.2, -0.15) is 0 Å². The maximum Gasteiger partial charge on any atom is 0.264 e. The average Bonchev–Trinajstić information content (AvgIpc) is 2.92. The Morgan fingerprint density at radius 1 is 0.950 bits per heavy atom. The summed E-state index contributed by atoms with van der Waals surface area (Å²) >= 11 is 0. The number of ether oxygens (including phenoxy) is 1. The number of rotatable bonds is 12. The number of carbonyl (C=O) groups excluding carboxylic acids is 2. The zero-order valence-electron chi connectivity index (χ0n) is 23.4. The third kappa shape index (κ3) is 7.59. The van der Waals surface area contributed by atoms with Crippen molar-refractivity contribution in [2.75, 3.05) is 18.0 Å². The second kappa shape index (κ2) is 13.4. The summed E-state index contributed by atoms with van der Waals surface area (Å²) in [5.41, 5.74) is 1.83. The number of aryl methyl sites for hydroxylation is 1. The first-order valence-electron chi connectivity index (χ1n) is 13.0. The Hall–Kier alpha value is -3.92. The second-order valence-electron chi connectivity index (χ2n) is 9.76. The molecule has 3 aromatic carbocycles. The van der Waals surface area contributed by atoms with Crippen LogP contribution >= 0.6 is 0 Å². The lowest BCUT2D eigenvalue weighted by Gasteiger charge is -2.33. The van der Waals surface area contributed by atoms with E-state index in [0.29, 0.717) is 23.4 Å². The zero-order valence-corrected chi connectivity index (χ0v) is 24.2. The Labute approximate surface area is 235 Å². The van der Waals surface area contributed by atoms with E-state index < -0.39 is 34.3 Å². The minimum atomic E-state index is -4.19. The van der Waals surface area contributed by atoms with Crippen molar-refractivity contribution in [1.82, 2.24) is 10.2 Å². The fourth-order valence-electron chi connectivity index (χ4n) is 4.20. The van der Waals surface area contributed by atoms with Crippen LogP contribution in [0.4, 0.5) is 10.1 Å². The summed E-state index contributed by atoms with van der Waals surface area (Å²) < 4.78 is 47.5. The molecule has 2 amide bonds. The molecule has 0 saturated heterocycles. The summed E-state index contributed by atoms with van der Waals surface area (Å²) in [5, 5.41) is 2.85. The molecule has 1 N–H and O–H groups in total. The summed E-state index contributed by atoms with van der Waals surface area (Å²) in [7, 11) is -2.71. The number of hydrogen-bond donors (Lipinski definition) is 1. The van der Waals surface area contributed by atoms with E-state index in [-0.39, 0.29) is 23.4 Å². The van der Waals surface area contributed by atoms with Crippen molar-refractivity contribution in [1.29, 1.82) is 0 Å². The Balaban J connectivity index is 2.05. The molecule has 0 aliphatic carbocycles. The van der Waals surface area contributed by atoms with E-state index in [1.165, 1.54) is 60.5 Å². The average molecular weight is 570 g/mol. The van der Waals surface area contributed by atoms with Crippen LogP contribution in [0.15, 0.2) is 77.7 Å². The van der Waals surface area contributed by atoms with Crippen molar-refractivity contribution in [2.45, 2.75) is 57.6 Å². The van der Waals surface area contributed by atoms with Crippen LogP contribution in [0, 0.1) is 12.7 Å². The highest BCUT2D eigenvalue weighted by atomic mass is 32.2. The summed E-state index contributed by atoms with van der Waals surface area (Å²) in [5.74, 6) is -0.868. The molecular formula is C30H36FN3O5S. The lowest BCUT2D eigenvalue weighted by atomic mass is 10.1. The molecule has 0 fully saturated rings. The number of anilines is 1. The highest BCUT2D eigenvalue weighted by Gasteiger charge is 2.33. The molecule has 3 aromatic rings. The molecule has 1 atom stereocenters. The summed E-state index contributed by atoms with van der Waals surface area (Å²) in [6.45, 7) is 6.73. The number of amides is 2. The molecule has 8 nitrogen and oxygen atoms in total. The molecule has 40 heavy (non-hydrogen) atoms. The zero-order chi connectivity index (χ0) is 29.4. The van der Waals surface area contributed by atoms with Gasteiger partial charge in [0.25, 0.3) is 10.0 Å². The highest BCUT2D eigenvalue weighted by molar-refractivity contribution is 7.92. The van der Waals surface area contributed by atoms with Gasteiger partial charge in [-0.25, -0.2) is 12.8 Å². The number of methoxy groups -OCH3 is 1. The fourth-order valence-corrected chi connectivity index (χ4v) is 5.62. The molecule has 0 bridgehead atoms. The maximum atomic E-state index is 14.0. The number of hydrogen-bond acceptors (Lipinski definition) is 5. The summed E-state index contributed by atoms with van der Waals surface area (Å²) in [4.78, 5) is 28.5. The van der Waals surface area contributed by atoms with Crippen molar-refractivity contribution in [2.24, 2.45) is 0 Å². The van der Waals surface area contributed by atoms with Crippen molar-refractivity contribution in [3.05, 3.63) is 89.7 Å². The molecule has 0 saturated carbocycles. The van der Waals surface area contributed by atoms with Gasteiger partial charge in [-0.15, -0.1) is 0 Å². The van der Waals surface area contributed by atoms with E-state index >= 15 is 0 Å². The Morgan fingerprint density at radius 3 is 2.08 bits per heavy atom. The first-order chi connectivity index (χ1) is 19.0. The van der Waals surface area contributed by atoms with Gasteiger partial charge in [0.05, 0.1) is 17.7 Å². The molecule has 214 valence electrons. The lowest BCUT2D eigenvalue weighted by Crippen LogP contribution is -2.53. The topological polar surface area (TPSA) is 96.0 Å². The van der Waals surface area contributed by atoms with Crippen molar-refractivity contribution in [3.63, 3.8) is 0 Å². The smallest absolute Gasteiger partial charge is 0.264 e. The van der Waals surface area contributed by atoms with E-state index in [0.717, 1.165) is 9.87 Å². The van der Waals surface area contributed by atoms with Crippen LogP contribution in [0.1, 0.15) is 38.3 Å². The number of nitrogens with zero attached hydrogens (tertiary/aromatic N) is 2. The second-order valence-corrected chi connectivity index (χ2v) is 11.6. The van der Waals surface area contributed by atoms with E-state index in [4.69, 9.17) is 4.74 Å². The minimum absolute atomic E-state index is 0.00649. The van der Waals surface area contributed by atoms with E-state index in [9.17, 15) is 22.4 Å². The van der Waals surface area contributed by atoms with E-state index in [2.05, 4.69) is 5.32 Å². The third-order valence-electron chi connectivity index (χ3n) is 6.33. The molecule has 3 rings (SSSR count). The van der Waals surface area contributed by atoms with Crippen LogP contribution in [-0.2, 0) is 26.2 Å². The first kappa shape index (κ1) is 30.6. The van der Waals surface area contributed by atoms with Crippen LogP contribution in [0.2, 0.25) is 0 Å². The molecular weight excluding hydrogens is 533 g/mol. The molecule has 0 radical (unpaired) electrons. The fraction of sp³-hybridized carbons (Fsp3) is 0.333. The minimum Gasteiger partial charge on any atom is -0.497 e. The standard InChI is InChI=1S/C30H36FN3O5S/c1-6-28(30(36)32-21(2)3)33(19-23-9-11-24(31)12-10-23)29(35)20-34(25-13-7-22(4)8-14-25)40(37,38)27-17-15-26(39-5)16-18-27/h7-18,21,28H,6,19-20H2,1-5H3,(H,32,36). The van der Waals surface area contributed by atoms with Gasteiger partial charge in [-0.3, -0.25) is 13.9 Å². The van der Waals surface area contributed by atoms with Crippen LogP contribution in [-0.4, -0.2) is 50.9 Å². The molecule has 0 aromatic heterocycles. The number of carbonyl (C=O) groups is 2. The molecule has 10 heteroatoms. The largest absolute Gasteiger partial charge is 0.497 e. The molecule has 0 spiro atoms. The Kier molecular flexibility index (Phi) is 10.3. The molecule has 0 aliphatic heterocycles.